The van der Waals surface area contributed by atoms with Crippen LogP contribution >= 0.6 is 22.9 Å². The molecule has 1 aromatic heterocycles. The minimum atomic E-state index is -4.70. The number of fused-ring (bicyclic) bond motifs is 1. The van der Waals surface area contributed by atoms with Crippen molar-refractivity contribution in [3.05, 3.63) is 83.2 Å². The van der Waals surface area contributed by atoms with Crippen molar-refractivity contribution in [2.24, 2.45) is 10.2 Å². The molecule has 34 heavy (non-hydrogen) atoms. The minimum absolute atomic E-state index is 0.0289. The van der Waals surface area contributed by atoms with Crippen molar-refractivity contribution in [1.29, 1.82) is 0 Å². The van der Waals surface area contributed by atoms with Crippen molar-refractivity contribution in [2.75, 3.05) is 0 Å². The molecule has 0 unspecified atom stereocenters. The molecule has 0 saturated carbocycles. The van der Waals surface area contributed by atoms with E-state index in [0.29, 0.717) is 37.8 Å². The largest absolute Gasteiger partial charge is 0.493 e. The lowest BCUT2D eigenvalue weighted by Crippen LogP contribution is -2.19. The number of carboxylic acid groups (broad SMARTS) is 1. The predicted molar refractivity (Wildman–Crippen MR) is 120 cm³/mol. The van der Waals surface area contributed by atoms with Crippen molar-refractivity contribution in [3.63, 3.8) is 0 Å². The van der Waals surface area contributed by atoms with E-state index in [9.17, 15) is 27.9 Å². The van der Waals surface area contributed by atoms with E-state index in [1.165, 1.54) is 12.1 Å². The highest BCUT2D eigenvalue weighted by molar-refractivity contribution is 7.10. The molecule has 0 fully saturated rings. The first-order valence-corrected chi connectivity index (χ1v) is 10.9. The SMILES string of the molecule is CC1=NN=c2ccc(=C(Cc3ccc(Cl)cc3C(F)(F)F)c3sc(=O)n(CC(=O)O)c3O)cc21. The Kier molecular flexibility index (Phi) is 6.09. The Balaban J connectivity index is 2.00. The summed E-state index contributed by atoms with van der Waals surface area (Å²) in [6.07, 6.45) is -5.02. The Morgan fingerprint density at radius 1 is 1.18 bits per heavy atom. The summed E-state index contributed by atoms with van der Waals surface area (Å²) in [7, 11) is 0. The van der Waals surface area contributed by atoms with Gasteiger partial charge in [-0.1, -0.05) is 35.1 Å². The molecule has 0 radical (unpaired) electrons. The molecule has 2 aromatic carbocycles. The van der Waals surface area contributed by atoms with Crippen LogP contribution in [0.15, 0.2) is 51.4 Å². The minimum Gasteiger partial charge on any atom is -0.493 e. The van der Waals surface area contributed by atoms with Gasteiger partial charge in [0.05, 0.1) is 21.5 Å². The zero-order valence-electron chi connectivity index (χ0n) is 17.4. The van der Waals surface area contributed by atoms with E-state index >= 15 is 0 Å². The molecule has 2 N–H and O–H groups in total. The molecule has 1 aliphatic heterocycles. The fraction of sp³-hybridized carbons (Fsp3) is 0.182. The summed E-state index contributed by atoms with van der Waals surface area (Å²) in [4.78, 5) is 22.8. The average Bonchev–Trinajstić information content (AvgIpc) is 3.26. The summed E-state index contributed by atoms with van der Waals surface area (Å²) in [5, 5.41) is 28.7. The smallest absolute Gasteiger partial charge is 0.416 e. The highest BCUT2D eigenvalue weighted by atomic mass is 35.5. The number of hydrogen-bond donors (Lipinski definition) is 2. The van der Waals surface area contributed by atoms with Gasteiger partial charge in [0.15, 0.2) is 0 Å². The summed E-state index contributed by atoms with van der Waals surface area (Å²) >= 11 is 6.35. The summed E-state index contributed by atoms with van der Waals surface area (Å²) in [6.45, 7) is 0.928. The number of aliphatic carboxylic acids is 1. The highest BCUT2D eigenvalue weighted by Gasteiger charge is 2.34. The van der Waals surface area contributed by atoms with Gasteiger partial charge in [-0.15, -0.1) is 0 Å². The fourth-order valence-electron chi connectivity index (χ4n) is 3.62. The zero-order chi connectivity index (χ0) is 24.8. The quantitative estimate of drug-likeness (QED) is 0.551. The number of carbonyl (C=O) groups is 1. The van der Waals surface area contributed by atoms with Gasteiger partial charge in [-0.3, -0.25) is 14.2 Å². The molecule has 0 saturated heterocycles. The summed E-state index contributed by atoms with van der Waals surface area (Å²) in [6, 6.07) is 8.25. The van der Waals surface area contributed by atoms with Gasteiger partial charge in [0.2, 0.25) is 5.88 Å². The van der Waals surface area contributed by atoms with E-state index in [1.807, 2.05) is 0 Å². The second kappa shape index (κ2) is 8.73. The van der Waals surface area contributed by atoms with Crippen LogP contribution in [0, 0.1) is 0 Å². The molecule has 0 atom stereocenters. The molecule has 4 rings (SSSR count). The summed E-state index contributed by atoms with van der Waals surface area (Å²) in [5.41, 5.74) is 0.369. The third-order valence-electron chi connectivity index (χ3n) is 5.22. The number of aromatic nitrogens is 1. The fourth-order valence-corrected chi connectivity index (χ4v) is 4.75. The monoisotopic (exact) mass is 509 g/mol. The van der Waals surface area contributed by atoms with Crippen LogP contribution in [-0.4, -0.2) is 26.5 Å². The van der Waals surface area contributed by atoms with Crippen LogP contribution in [0.2, 0.25) is 5.02 Å². The molecular formula is C22H15ClF3N3O4S. The van der Waals surface area contributed by atoms with E-state index < -0.39 is 35.0 Å². The zero-order valence-corrected chi connectivity index (χ0v) is 18.9. The van der Waals surface area contributed by atoms with E-state index in [-0.39, 0.29) is 27.5 Å². The molecule has 0 aliphatic carbocycles. The van der Waals surface area contributed by atoms with Crippen molar-refractivity contribution in [1.82, 2.24) is 4.57 Å². The standard InChI is InChI=1S/C22H15ClF3N3O4S/c1-10-14-6-11(3-5-17(14)28-27-10)15(19-20(32)29(9-18(30)31)21(33)34-19)7-12-2-4-13(23)8-16(12)22(24,25)26/h2-6,8,32H,7,9H2,1H3,(H,30,31). The normalized spacial score (nSPS) is 13.9. The maximum absolute atomic E-state index is 13.7. The van der Waals surface area contributed by atoms with Gasteiger partial charge in [0, 0.05) is 17.0 Å². The molecule has 0 amide bonds. The van der Waals surface area contributed by atoms with Crippen LogP contribution in [0.3, 0.4) is 0 Å². The lowest BCUT2D eigenvalue weighted by Gasteiger charge is -2.15. The molecule has 0 spiro atoms. The van der Waals surface area contributed by atoms with Gasteiger partial charge in [0.1, 0.15) is 6.54 Å². The molecule has 1 aliphatic rings. The Hall–Kier alpha value is -3.44. The van der Waals surface area contributed by atoms with Crippen molar-refractivity contribution < 1.29 is 28.2 Å². The number of carboxylic acids is 1. The number of nitrogens with zero attached hydrogens (tertiary/aromatic N) is 3. The number of rotatable bonds is 5. The van der Waals surface area contributed by atoms with Crippen LogP contribution in [0.25, 0.3) is 5.57 Å². The number of halogens is 4. The lowest BCUT2D eigenvalue weighted by molar-refractivity contribution is -0.138. The summed E-state index contributed by atoms with van der Waals surface area (Å²) < 4.78 is 41.9. The van der Waals surface area contributed by atoms with Gasteiger partial charge in [0.25, 0.3) is 0 Å². The average molecular weight is 510 g/mol. The van der Waals surface area contributed by atoms with Crippen LogP contribution in [0.5, 0.6) is 5.88 Å². The van der Waals surface area contributed by atoms with E-state index in [0.717, 1.165) is 6.07 Å². The number of thiazole rings is 1. The molecular weight excluding hydrogens is 495 g/mol. The molecule has 7 nitrogen and oxygen atoms in total. The molecule has 12 heteroatoms. The number of benzene rings is 2. The van der Waals surface area contributed by atoms with Crippen LogP contribution in [0.1, 0.15) is 28.5 Å². The first kappa shape index (κ1) is 23.7. The molecule has 2 heterocycles. The first-order chi connectivity index (χ1) is 16.0. The van der Waals surface area contributed by atoms with E-state index in [2.05, 4.69) is 10.2 Å². The van der Waals surface area contributed by atoms with Crippen LogP contribution in [0.4, 0.5) is 13.2 Å². The molecule has 176 valence electrons. The highest BCUT2D eigenvalue weighted by Crippen LogP contribution is 2.37. The van der Waals surface area contributed by atoms with Crippen molar-refractivity contribution in [2.45, 2.75) is 26.1 Å². The Morgan fingerprint density at radius 3 is 2.59 bits per heavy atom. The van der Waals surface area contributed by atoms with E-state index in [4.69, 9.17) is 16.7 Å². The third-order valence-corrected chi connectivity index (χ3v) is 6.49. The van der Waals surface area contributed by atoms with Gasteiger partial charge in [-0.05, 0) is 47.5 Å². The lowest BCUT2D eigenvalue weighted by atomic mass is 9.96. The van der Waals surface area contributed by atoms with E-state index in [1.54, 1.807) is 25.1 Å². The topological polar surface area (TPSA) is 104 Å². The van der Waals surface area contributed by atoms with Gasteiger partial charge in [-0.25, -0.2) is 0 Å². The van der Waals surface area contributed by atoms with Crippen LogP contribution in [-0.2, 0) is 23.9 Å². The first-order valence-electron chi connectivity index (χ1n) is 9.72. The molecule has 3 aromatic rings. The second-order valence-corrected chi connectivity index (χ2v) is 8.87. The molecule has 0 bridgehead atoms. The second-order valence-electron chi connectivity index (χ2n) is 7.47. The number of alkyl halides is 3. The van der Waals surface area contributed by atoms with Gasteiger partial charge < -0.3 is 10.2 Å². The van der Waals surface area contributed by atoms with Gasteiger partial charge in [-0.2, -0.15) is 23.4 Å². The Labute approximate surface area is 198 Å². The Morgan fingerprint density at radius 2 is 1.91 bits per heavy atom. The van der Waals surface area contributed by atoms with Crippen LogP contribution < -0.4 is 15.4 Å². The number of aromatic hydroxyl groups is 1. The van der Waals surface area contributed by atoms with Crippen molar-refractivity contribution >= 4 is 40.2 Å². The summed E-state index contributed by atoms with van der Waals surface area (Å²) in [5.74, 6) is -1.99. The third kappa shape index (κ3) is 4.48. The maximum Gasteiger partial charge on any atom is 0.416 e. The number of hydrogen-bond acceptors (Lipinski definition) is 6. The van der Waals surface area contributed by atoms with Crippen molar-refractivity contribution in [3.8, 4) is 5.88 Å². The maximum atomic E-state index is 13.7. The van der Waals surface area contributed by atoms with Gasteiger partial charge >= 0.3 is 17.0 Å². The predicted octanol–water partition coefficient (Wildman–Crippen LogP) is 3.17. The Bertz CT molecular complexity index is 1540.